The van der Waals surface area contributed by atoms with Crippen LogP contribution >= 0.6 is 0 Å². The van der Waals surface area contributed by atoms with Gasteiger partial charge in [-0.15, -0.1) is 0 Å². The number of methoxy groups -OCH3 is 2. The molecule has 1 aromatic carbocycles. The van der Waals surface area contributed by atoms with Crippen LogP contribution in [-0.4, -0.2) is 36.5 Å². The van der Waals surface area contributed by atoms with E-state index in [1.54, 1.807) is 12.1 Å². The highest BCUT2D eigenvalue weighted by Gasteiger charge is 2.28. The van der Waals surface area contributed by atoms with E-state index in [1.165, 1.54) is 18.8 Å². The minimum atomic E-state index is -1.22. The van der Waals surface area contributed by atoms with Crippen LogP contribution in [0.25, 0.3) is 10.8 Å². The van der Waals surface area contributed by atoms with Crippen LogP contribution in [0.1, 0.15) is 51.0 Å². The minimum Gasteiger partial charge on any atom is -0.493 e. The second-order valence-electron chi connectivity index (χ2n) is 7.86. The lowest BCUT2D eigenvalue weighted by atomic mass is 9.96. The van der Waals surface area contributed by atoms with Crippen molar-refractivity contribution in [3.8, 4) is 17.2 Å². The monoisotopic (exact) mass is 391 g/mol. The summed E-state index contributed by atoms with van der Waals surface area (Å²) in [6.07, 6.45) is 1.65. The van der Waals surface area contributed by atoms with Crippen molar-refractivity contribution in [3.05, 3.63) is 28.2 Å². The number of fused-ring (bicyclic) bond motifs is 1. The number of hydrogen-bond donors (Lipinski definition) is 1. The molecule has 1 aromatic heterocycles. The van der Waals surface area contributed by atoms with Gasteiger partial charge in [0.05, 0.1) is 31.6 Å². The molecule has 1 heterocycles. The number of carboxylic acids is 1. The molecule has 0 saturated carbocycles. The van der Waals surface area contributed by atoms with E-state index in [9.17, 15) is 14.7 Å². The number of nitrogens with zero attached hydrogens (tertiary/aromatic N) is 1. The number of unbranched alkanes of at least 4 members (excludes halogenated alkanes) is 1. The van der Waals surface area contributed by atoms with E-state index in [-0.39, 0.29) is 29.2 Å². The van der Waals surface area contributed by atoms with Crippen molar-refractivity contribution in [1.82, 2.24) is 4.57 Å². The second-order valence-corrected chi connectivity index (χ2v) is 7.86. The maximum atomic E-state index is 13.2. The minimum absolute atomic E-state index is 0.135. The highest BCUT2D eigenvalue weighted by atomic mass is 16.5. The predicted octanol–water partition coefficient (Wildman–Crippen LogP) is 3.94. The lowest BCUT2D eigenvalue weighted by Gasteiger charge is -2.24. The Morgan fingerprint density at radius 3 is 2.32 bits per heavy atom. The largest absolute Gasteiger partial charge is 0.493 e. The summed E-state index contributed by atoms with van der Waals surface area (Å²) in [5, 5.41) is 10.6. The Bertz CT molecular complexity index is 923. The molecule has 7 nitrogen and oxygen atoms in total. The summed E-state index contributed by atoms with van der Waals surface area (Å²) < 4.78 is 18.0. The number of benzene rings is 1. The summed E-state index contributed by atoms with van der Waals surface area (Å²) in [4.78, 5) is 25.4. The fraction of sp³-hybridized carbons (Fsp3) is 0.524. The Balaban J connectivity index is 2.99. The summed E-state index contributed by atoms with van der Waals surface area (Å²) in [5.74, 6) is -0.399. The Morgan fingerprint density at radius 2 is 1.82 bits per heavy atom. The topological polar surface area (TPSA) is 87.0 Å². The van der Waals surface area contributed by atoms with Gasteiger partial charge in [-0.25, -0.2) is 4.79 Å². The highest BCUT2D eigenvalue weighted by Crippen LogP contribution is 2.41. The smallest absolute Gasteiger partial charge is 0.356 e. The van der Waals surface area contributed by atoms with Crippen molar-refractivity contribution in [2.24, 2.45) is 5.41 Å². The zero-order chi connectivity index (χ0) is 21.1. The van der Waals surface area contributed by atoms with Crippen LogP contribution in [0, 0.1) is 5.41 Å². The molecule has 2 aromatic rings. The lowest BCUT2D eigenvalue weighted by Crippen LogP contribution is -2.32. The van der Waals surface area contributed by atoms with Gasteiger partial charge in [0.1, 0.15) is 0 Å². The van der Waals surface area contributed by atoms with Gasteiger partial charge in [-0.05, 0) is 24.0 Å². The molecule has 0 spiro atoms. The van der Waals surface area contributed by atoms with Crippen LogP contribution in [0.15, 0.2) is 16.9 Å². The summed E-state index contributed by atoms with van der Waals surface area (Å²) >= 11 is 0. The van der Waals surface area contributed by atoms with Gasteiger partial charge in [0.15, 0.2) is 22.9 Å². The Morgan fingerprint density at radius 1 is 1.14 bits per heavy atom. The van der Waals surface area contributed by atoms with Crippen molar-refractivity contribution >= 4 is 16.7 Å². The van der Waals surface area contributed by atoms with Gasteiger partial charge in [-0.1, -0.05) is 34.1 Å². The maximum Gasteiger partial charge on any atom is 0.356 e. The van der Waals surface area contributed by atoms with Crippen LogP contribution in [0.2, 0.25) is 0 Å². The zero-order valence-electron chi connectivity index (χ0n) is 17.4. The standard InChI is InChI=1S/C21H29NO6/c1-7-8-11-28-18-15-13(9-10-14(26-5)17(15)27-6)19(23)22(12-21(2,3)4)16(18)20(24)25/h9-10H,7-8,11-12H2,1-6H3,(H,24,25). The first kappa shape index (κ1) is 21.6. The molecule has 154 valence electrons. The summed E-state index contributed by atoms with van der Waals surface area (Å²) in [7, 11) is 2.94. The second kappa shape index (κ2) is 8.54. The number of aromatic nitrogens is 1. The van der Waals surface area contributed by atoms with Crippen LogP contribution in [0.5, 0.6) is 17.2 Å². The summed E-state index contributed by atoms with van der Waals surface area (Å²) in [6, 6.07) is 3.26. The average Bonchev–Trinajstić information content (AvgIpc) is 2.62. The SMILES string of the molecule is CCCCOc1c(C(=O)O)n(CC(C)(C)C)c(=O)c2ccc(OC)c(OC)c12. The molecule has 0 amide bonds. The van der Waals surface area contributed by atoms with Crippen LogP contribution in [-0.2, 0) is 6.54 Å². The Labute approximate surface area is 164 Å². The van der Waals surface area contributed by atoms with Crippen LogP contribution in [0.4, 0.5) is 0 Å². The van der Waals surface area contributed by atoms with Crippen molar-refractivity contribution in [1.29, 1.82) is 0 Å². The molecule has 0 fully saturated rings. The molecule has 0 aliphatic carbocycles. The number of carbonyl (C=O) groups is 1. The van der Waals surface area contributed by atoms with Crippen LogP contribution in [0.3, 0.4) is 0 Å². The average molecular weight is 391 g/mol. The molecule has 0 aliphatic rings. The molecule has 0 radical (unpaired) electrons. The van der Waals surface area contributed by atoms with Crippen molar-refractivity contribution in [2.45, 2.75) is 47.1 Å². The molecule has 0 atom stereocenters. The molecule has 0 saturated heterocycles. The van der Waals surface area contributed by atoms with Gasteiger partial charge >= 0.3 is 5.97 Å². The molecule has 7 heteroatoms. The summed E-state index contributed by atoms with van der Waals surface area (Å²) in [6.45, 7) is 8.43. The Kier molecular flexibility index (Phi) is 6.59. The number of rotatable bonds is 8. The first-order chi connectivity index (χ1) is 13.2. The van der Waals surface area contributed by atoms with Gasteiger partial charge in [0, 0.05) is 6.54 Å². The maximum absolute atomic E-state index is 13.2. The fourth-order valence-electron chi connectivity index (χ4n) is 3.12. The van der Waals surface area contributed by atoms with Gasteiger partial charge < -0.3 is 19.3 Å². The number of carboxylic acid groups (broad SMARTS) is 1. The number of pyridine rings is 1. The van der Waals surface area contributed by atoms with E-state index in [4.69, 9.17) is 14.2 Å². The van der Waals surface area contributed by atoms with E-state index in [0.717, 1.165) is 12.8 Å². The van der Waals surface area contributed by atoms with Crippen LogP contribution < -0.4 is 19.8 Å². The fourth-order valence-corrected chi connectivity index (χ4v) is 3.12. The predicted molar refractivity (Wildman–Crippen MR) is 108 cm³/mol. The van der Waals surface area contributed by atoms with Gasteiger partial charge in [-0.2, -0.15) is 0 Å². The molecular formula is C21H29NO6. The zero-order valence-corrected chi connectivity index (χ0v) is 17.4. The molecule has 0 unspecified atom stereocenters. The molecule has 2 rings (SSSR count). The molecule has 0 aliphatic heterocycles. The number of hydrogen-bond acceptors (Lipinski definition) is 5. The van der Waals surface area contributed by atoms with E-state index in [2.05, 4.69) is 0 Å². The van der Waals surface area contributed by atoms with E-state index >= 15 is 0 Å². The molecule has 28 heavy (non-hydrogen) atoms. The summed E-state index contributed by atoms with van der Waals surface area (Å²) in [5.41, 5.74) is -0.875. The quantitative estimate of drug-likeness (QED) is 0.686. The first-order valence-corrected chi connectivity index (χ1v) is 9.33. The van der Waals surface area contributed by atoms with Crippen molar-refractivity contribution in [2.75, 3.05) is 20.8 Å². The molecule has 1 N–H and O–H groups in total. The third-order valence-corrected chi connectivity index (χ3v) is 4.31. The van der Waals surface area contributed by atoms with E-state index < -0.39 is 11.5 Å². The van der Waals surface area contributed by atoms with Gasteiger partial charge in [0.25, 0.3) is 5.56 Å². The van der Waals surface area contributed by atoms with Gasteiger partial charge in [0.2, 0.25) is 0 Å². The molecular weight excluding hydrogens is 362 g/mol. The highest BCUT2D eigenvalue weighted by molar-refractivity contribution is 6.02. The third kappa shape index (κ3) is 4.24. The molecule has 0 bridgehead atoms. The van der Waals surface area contributed by atoms with Crippen molar-refractivity contribution < 1.29 is 24.1 Å². The normalized spacial score (nSPS) is 11.5. The van der Waals surface area contributed by atoms with E-state index in [1.807, 2.05) is 27.7 Å². The van der Waals surface area contributed by atoms with E-state index in [0.29, 0.717) is 23.1 Å². The third-order valence-electron chi connectivity index (χ3n) is 4.31. The van der Waals surface area contributed by atoms with Gasteiger partial charge in [-0.3, -0.25) is 9.36 Å². The lowest BCUT2D eigenvalue weighted by molar-refractivity contribution is 0.0675. The first-order valence-electron chi connectivity index (χ1n) is 9.33. The number of ether oxygens (including phenoxy) is 3. The Hall–Kier alpha value is -2.70. The number of aromatic carboxylic acids is 1. The van der Waals surface area contributed by atoms with Crippen molar-refractivity contribution in [3.63, 3.8) is 0 Å².